The van der Waals surface area contributed by atoms with Crippen LogP contribution in [0.2, 0.25) is 10.0 Å². The molecule has 0 fully saturated rings. The number of amides is 1. The number of halogens is 3. The molecule has 0 aliphatic rings. The van der Waals surface area contributed by atoms with Gasteiger partial charge in [0.1, 0.15) is 24.1 Å². The molecule has 8 heteroatoms. The second-order valence-corrected chi connectivity index (χ2v) is 7.48. The summed E-state index contributed by atoms with van der Waals surface area (Å²) in [5, 5.41) is 12.8. The van der Waals surface area contributed by atoms with E-state index in [1.807, 2.05) is 6.07 Å². The molecule has 0 aliphatic heterocycles. The smallest absolute Gasteiger partial charge is 0.266 e. The number of anilines is 1. The summed E-state index contributed by atoms with van der Waals surface area (Å²) in [7, 11) is 1.48. The van der Waals surface area contributed by atoms with E-state index >= 15 is 0 Å². The van der Waals surface area contributed by atoms with E-state index in [9.17, 15) is 14.4 Å². The van der Waals surface area contributed by atoms with Crippen LogP contribution >= 0.6 is 23.2 Å². The Kier molecular flexibility index (Phi) is 7.72. The minimum Gasteiger partial charge on any atom is -0.493 e. The second-order valence-electron chi connectivity index (χ2n) is 6.61. The van der Waals surface area contributed by atoms with Gasteiger partial charge in [0.25, 0.3) is 5.91 Å². The van der Waals surface area contributed by atoms with Gasteiger partial charge in [-0.1, -0.05) is 41.4 Å². The summed E-state index contributed by atoms with van der Waals surface area (Å²) >= 11 is 11.9. The van der Waals surface area contributed by atoms with Crippen LogP contribution in [0.15, 0.2) is 66.2 Å². The Morgan fingerprint density at radius 3 is 2.38 bits per heavy atom. The molecule has 3 rings (SSSR count). The number of nitrogens with one attached hydrogen (secondary N) is 1. The summed E-state index contributed by atoms with van der Waals surface area (Å²) in [4.78, 5) is 12.5. The van der Waals surface area contributed by atoms with E-state index in [2.05, 4.69) is 5.32 Å². The van der Waals surface area contributed by atoms with Crippen LogP contribution < -0.4 is 14.8 Å². The molecule has 0 spiro atoms. The van der Waals surface area contributed by atoms with Gasteiger partial charge in [0.05, 0.1) is 7.11 Å². The molecule has 0 saturated heterocycles. The lowest BCUT2D eigenvalue weighted by molar-refractivity contribution is -0.112. The molecule has 32 heavy (non-hydrogen) atoms. The molecule has 0 unspecified atom stereocenters. The van der Waals surface area contributed by atoms with Gasteiger partial charge in [0, 0.05) is 15.7 Å². The molecule has 0 aliphatic carbocycles. The lowest BCUT2D eigenvalue weighted by Crippen LogP contribution is -2.13. The minimum atomic E-state index is -0.610. The van der Waals surface area contributed by atoms with Crippen LogP contribution in [0.1, 0.15) is 11.1 Å². The predicted octanol–water partition coefficient (Wildman–Crippen LogP) is 6.27. The molecular formula is C24H17Cl2FN2O3. The molecule has 0 saturated carbocycles. The fourth-order valence-electron chi connectivity index (χ4n) is 2.77. The molecule has 0 heterocycles. The van der Waals surface area contributed by atoms with Crippen molar-refractivity contribution >= 4 is 40.9 Å². The lowest BCUT2D eigenvalue weighted by Gasteiger charge is -2.12. The molecule has 3 aromatic carbocycles. The first kappa shape index (κ1) is 23.1. The van der Waals surface area contributed by atoms with Crippen molar-refractivity contribution in [1.29, 1.82) is 5.26 Å². The summed E-state index contributed by atoms with van der Waals surface area (Å²) in [6, 6.07) is 17.4. The number of hydrogen-bond acceptors (Lipinski definition) is 4. The van der Waals surface area contributed by atoms with Crippen molar-refractivity contribution in [3.63, 3.8) is 0 Å². The van der Waals surface area contributed by atoms with Gasteiger partial charge in [-0.05, 0) is 59.7 Å². The Morgan fingerprint density at radius 1 is 1.06 bits per heavy atom. The van der Waals surface area contributed by atoms with Gasteiger partial charge in [0.15, 0.2) is 11.5 Å². The zero-order chi connectivity index (χ0) is 23.1. The van der Waals surface area contributed by atoms with E-state index in [0.717, 1.165) is 5.56 Å². The minimum absolute atomic E-state index is 0.122. The third-order valence-corrected chi connectivity index (χ3v) is 4.73. The summed E-state index contributed by atoms with van der Waals surface area (Å²) in [6.45, 7) is 0.222. The van der Waals surface area contributed by atoms with Gasteiger partial charge in [-0.2, -0.15) is 5.26 Å². The molecule has 0 radical (unpaired) electrons. The number of rotatable bonds is 7. The normalized spacial score (nSPS) is 10.9. The fourth-order valence-corrected chi connectivity index (χ4v) is 3.30. The number of hydrogen-bond donors (Lipinski definition) is 1. The monoisotopic (exact) mass is 470 g/mol. The summed E-state index contributed by atoms with van der Waals surface area (Å²) in [5.41, 5.74) is 1.60. The third-order valence-electron chi connectivity index (χ3n) is 4.29. The van der Waals surface area contributed by atoms with Crippen LogP contribution in [0.3, 0.4) is 0 Å². The van der Waals surface area contributed by atoms with Gasteiger partial charge in [-0.15, -0.1) is 0 Å². The van der Waals surface area contributed by atoms with Gasteiger partial charge >= 0.3 is 0 Å². The highest BCUT2D eigenvalue weighted by atomic mass is 35.5. The molecule has 0 aromatic heterocycles. The Hall–Kier alpha value is -3.53. The number of carbonyl (C=O) groups excluding carboxylic acids is 1. The van der Waals surface area contributed by atoms with Crippen LogP contribution in [-0.2, 0) is 11.4 Å². The zero-order valence-electron chi connectivity index (χ0n) is 16.9. The van der Waals surface area contributed by atoms with E-state index in [1.165, 1.54) is 43.5 Å². The Labute approximate surface area is 194 Å². The molecule has 1 amide bonds. The number of carbonyl (C=O) groups is 1. The zero-order valence-corrected chi connectivity index (χ0v) is 18.4. The van der Waals surface area contributed by atoms with E-state index in [0.29, 0.717) is 32.8 Å². The van der Waals surface area contributed by atoms with E-state index in [1.54, 1.807) is 30.3 Å². The standard InChI is InChI=1S/C24H17Cl2FN2O3/c1-31-23-9-16(4-7-22(23)32-14-15-2-5-20(27)6-3-15)8-17(13-28)24(30)29-21-11-18(25)10-19(26)12-21/h2-12H,14H2,1H3,(H,29,30). The SMILES string of the molecule is COc1cc(C=C(C#N)C(=O)Nc2cc(Cl)cc(Cl)c2)ccc1OCc1ccc(F)cc1. The highest BCUT2D eigenvalue weighted by molar-refractivity contribution is 6.35. The number of benzene rings is 3. The average Bonchev–Trinajstić information content (AvgIpc) is 2.76. The molecule has 1 N–H and O–H groups in total. The van der Waals surface area contributed by atoms with Gasteiger partial charge in [-0.3, -0.25) is 4.79 Å². The first-order chi connectivity index (χ1) is 15.4. The fraction of sp³-hybridized carbons (Fsp3) is 0.0833. The maximum absolute atomic E-state index is 13.0. The summed E-state index contributed by atoms with van der Waals surface area (Å²) in [6.07, 6.45) is 1.42. The number of nitrogens with zero attached hydrogens (tertiary/aromatic N) is 1. The van der Waals surface area contributed by atoms with Crippen LogP contribution in [0.5, 0.6) is 11.5 Å². The van der Waals surface area contributed by atoms with Crippen molar-refractivity contribution in [2.24, 2.45) is 0 Å². The Morgan fingerprint density at radius 2 is 1.75 bits per heavy atom. The van der Waals surface area contributed by atoms with Gasteiger partial charge in [-0.25, -0.2) is 4.39 Å². The van der Waals surface area contributed by atoms with E-state index in [-0.39, 0.29) is 18.0 Å². The highest BCUT2D eigenvalue weighted by Crippen LogP contribution is 2.30. The molecule has 3 aromatic rings. The Bertz CT molecular complexity index is 1180. The topological polar surface area (TPSA) is 71.3 Å². The molecule has 162 valence electrons. The molecular weight excluding hydrogens is 454 g/mol. The molecule has 5 nitrogen and oxygen atoms in total. The van der Waals surface area contributed by atoms with Gasteiger partial charge < -0.3 is 14.8 Å². The van der Waals surface area contributed by atoms with Gasteiger partial charge in [0.2, 0.25) is 0 Å². The van der Waals surface area contributed by atoms with Crippen LogP contribution in [0.25, 0.3) is 6.08 Å². The maximum atomic E-state index is 13.0. The first-order valence-corrected chi connectivity index (χ1v) is 10.1. The van der Waals surface area contributed by atoms with Crippen molar-refractivity contribution in [1.82, 2.24) is 0 Å². The van der Waals surface area contributed by atoms with Crippen molar-refractivity contribution in [2.45, 2.75) is 6.61 Å². The van der Waals surface area contributed by atoms with Crippen molar-refractivity contribution in [2.75, 3.05) is 12.4 Å². The van der Waals surface area contributed by atoms with Crippen molar-refractivity contribution < 1.29 is 18.7 Å². The second kappa shape index (κ2) is 10.7. The first-order valence-electron chi connectivity index (χ1n) is 9.32. The Balaban J connectivity index is 1.76. The van der Waals surface area contributed by atoms with E-state index in [4.69, 9.17) is 32.7 Å². The van der Waals surface area contributed by atoms with Crippen molar-refractivity contribution in [3.8, 4) is 17.6 Å². The van der Waals surface area contributed by atoms with Crippen LogP contribution in [-0.4, -0.2) is 13.0 Å². The number of ether oxygens (including phenoxy) is 2. The third kappa shape index (κ3) is 6.24. The largest absolute Gasteiger partial charge is 0.493 e. The van der Waals surface area contributed by atoms with E-state index < -0.39 is 5.91 Å². The maximum Gasteiger partial charge on any atom is 0.266 e. The average molecular weight is 471 g/mol. The summed E-state index contributed by atoms with van der Waals surface area (Å²) < 4.78 is 24.1. The van der Waals surface area contributed by atoms with Crippen LogP contribution in [0.4, 0.5) is 10.1 Å². The predicted molar refractivity (Wildman–Crippen MR) is 122 cm³/mol. The number of nitriles is 1. The van der Waals surface area contributed by atoms with Crippen molar-refractivity contribution in [3.05, 3.63) is 93.2 Å². The lowest BCUT2D eigenvalue weighted by atomic mass is 10.1. The molecule has 0 atom stereocenters. The summed E-state index contributed by atoms with van der Waals surface area (Å²) in [5.74, 6) is -0.0506. The highest BCUT2D eigenvalue weighted by Gasteiger charge is 2.12. The molecule has 0 bridgehead atoms. The quantitative estimate of drug-likeness (QED) is 0.326. The van der Waals surface area contributed by atoms with Crippen LogP contribution in [0, 0.1) is 17.1 Å². The number of methoxy groups -OCH3 is 1.